The first-order valence-corrected chi connectivity index (χ1v) is 6.83. The van der Waals surface area contributed by atoms with Crippen LogP contribution in [0, 0.1) is 0 Å². The third kappa shape index (κ3) is 2.53. The van der Waals surface area contributed by atoms with Crippen LogP contribution in [0.25, 0.3) is 0 Å². The van der Waals surface area contributed by atoms with Gasteiger partial charge >= 0.3 is 0 Å². The monoisotopic (exact) mass is 268 g/mol. The molecule has 1 fully saturated rings. The van der Waals surface area contributed by atoms with E-state index in [2.05, 4.69) is 5.32 Å². The zero-order valence-corrected chi connectivity index (χ0v) is 11.2. The van der Waals surface area contributed by atoms with Crippen LogP contribution in [-0.4, -0.2) is 35.1 Å². The maximum absolute atomic E-state index is 12.0. The fraction of sp³-hybridized carbons (Fsp3) is 0.500. The average Bonchev–Trinajstić information content (AvgIpc) is 2.93. The molecule has 0 unspecified atom stereocenters. The molecule has 98 valence electrons. The lowest BCUT2D eigenvalue weighted by molar-refractivity contribution is -0.135. The summed E-state index contributed by atoms with van der Waals surface area (Å²) in [6, 6.07) is 3.61. The van der Waals surface area contributed by atoms with Gasteiger partial charge in [-0.25, -0.2) is 0 Å². The summed E-state index contributed by atoms with van der Waals surface area (Å²) < 4.78 is 5.34. The summed E-state index contributed by atoms with van der Waals surface area (Å²) in [5.41, 5.74) is 0. The van der Waals surface area contributed by atoms with Gasteiger partial charge in [-0.3, -0.25) is 9.59 Å². The molecule has 6 heteroatoms. The van der Waals surface area contributed by atoms with Crippen molar-refractivity contribution in [1.82, 2.24) is 10.2 Å². The first-order valence-electron chi connectivity index (χ1n) is 5.89. The standard InChI is InChI=1S/C12H16N2O3S/c1-3-13-10(15)7-14-11(16)8(2)18-12(14)9-5-4-6-17-9/h4-6,8,12H,3,7H2,1-2H3,(H,13,15)/t8-,12+/m0/s1. The van der Waals surface area contributed by atoms with E-state index in [1.54, 1.807) is 17.2 Å². The minimum atomic E-state index is -0.204. The zero-order chi connectivity index (χ0) is 13.1. The van der Waals surface area contributed by atoms with Crippen LogP contribution in [0.5, 0.6) is 0 Å². The Morgan fingerprint density at radius 3 is 3.00 bits per heavy atom. The highest BCUT2D eigenvalue weighted by molar-refractivity contribution is 8.01. The van der Waals surface area contributed by atoms with Gasteiger partial charge in [-0.2, -0.15) is 0 Å². The summed E-state index contributed by atoms with van der Waals surface area (Å²) in [6.45, 7) is 4.34. The van der Waals surface area contributed by atoms with Crippen molar-refractivity contribution in [1.29, 1.82) is 0 Å². The summed E-state index contributed by atoms with van der Waals surface area (Å²) in [7, 11) is 0. The molecule has 0 saturated carbocycles. The first kappa shape index (κ1) is 13.0. The largest absolute Gasteiger partial charge is 0.466 e. The van der Waals surface area contributed by atoms with Crippen molar-refractivity contribution in [3.8, 4) is 0 Å². The van der Waals surface area contributed by atoms with Crippen LogP contribution in [0.1, 0.15) is 25.0 Å². The molecule has 0 bridgehead atoms. The lowest BCUT2D eigenvalue weighted by Gasteiger charge is -2.21. The molecule has 1 aliphatic rings. The van der Waals surface area contributed by atoms with Crippen LogP contribution in [0.4, 0.5) is 0 Å². The van der Waals surface area contributed by atoms with Crippen molar-refractivity contribution in [2.45, 2.75) is 24.5 Å². The number of nitrogens with zero attached hydrogens (tertiary/aromatic N) is 1. The van der Waals surface area contributed by atoms with E-state index < -0.39 is 0 Å². The van der Waals surface area contributed by atoms with Crippen LogP contribution >= 0.6 is 11.8 Å². The normalized spacial score (nSPS) is 23.4. The first-order chi connectivity index (χ1) is 8.63. The molecule has 2 amide bonds. The quantitative estimate of drug-likeness (QED) is 0.896. The van der Waals surface area contributed by atoms with Gasteiger partial charge in [0.05, 0.1) is 11.5 Å². The molecule has 5 nitrogen and oxygen atoms in total. The van der Waals surface area contributed by atoms with E-state index in [-0.39, 0.29) is 29.0 Å². The summed E-state index contributed by atoms with van der Waals surface area (Å²) in [4.78, 5) is 25.2. The van der Waals surface area contributed by atoms with Gasteiger partial charge in [-0.15, -0.1) is 11.8 Å². The number of furan rings is 1. The van der Waals surface area contributed by atoms with Crippen molar-refractivity contribution < 1.29 is 14.0 Å². The van der Waals surface area contributed by atoms with Gasteiger partial charge in [-0.05, 0) is 26.0 Å². The molecule has 0 aromatic carbocycles. The van der Waals surface area contributed by atoms with E-state index in [1.165, 1.54) is 11.8 Å². The summed E-state index contributed by atoms with van der Waals surface area (Å²) in [5, 5.41) is 2.35. The summed E-state index contributed by atoms with van der Waals surface area (Å²) >= 11 is 1.50. The van der Waals surface area contributed by atoms with Gasteiger partial charge in [0, 0.05) is 6.54 Å². The second kappa shape index (κ2) is 5.48. The lowest BCUT2D eigenvalue weighted by Crippen LogP contribution is -2.40. The van der Waals surface area contributed by atoms with Crippen LogP contribution in [0.15, 0.2) is 22.8 Å². The lowest BCUT2D eigenvalue weighted by atomic mass is 10.3. The SMILES string of the molecule is CCNC(=O)CN1C(=O)[C@H](C)S[C@@H]1c1ccco1. The molecular formula is C12H16N2O3S. The third-order valence-electron chi connectivity index (χ3n) is 2.72. The Bertz CT molecular complexity index is 433. The zero-order valence-electron chi connectivity index (χ0n) is 10.4. The van der Waals surface area contributed by atoms with E-state index >= 15 is 0 Å². The number of rotatable bonds is 4. The number of thioether (sulfide) groups is 1. The topological polar surface area (TPSA) is 62.6 Å². The average molecular weight is 268 g/mol. The molecule has 0 aliphatic carbocycles. The molecule has 2 rings (SSSR count). The minimum absolute atomic E-state index is 0.0207. The molecular weight excluding hydrogens is 252 g/mol. The van der Waals surface area contributed by atoms with Crippen LogP contribution in [0.2, 0.25) is 0 Å². The highest BCUT2D eigenvalue weighted by Crippen LogP contribution is 2.42. The van der Waals surface area contributed by atoms with E-state index in [0.717, 1.165) is 0 Å². The van der Waals surface area contributed by atoms with E-state index in [9.17, 15) is 9.59 Å². The minimum Gasteiger partial charge on any atom is -0.466 e. The Morgan fingerprint density at radius 2 is 2.39 bits per heavy atom. The number of likely N-dealkylation sites (N-methyl/N-ethyl adjacent to an activating group) is 1. The van der Waals surface area contributed by atoms with Crippen molar-refractivity contribution >= 4 is 23.6 Å². The van der Waals surface area contributed by atoms with Crippen LogP contribution in [-0.2, 0) is 9.59 Å². The van der Waals surface area contributed by atoms with Gasteiger partial charge in [0.1, 0.15) is 17.7 Å². The molecule has 1 aromatic heterocycles. The van der Waals surface area contributed by atoms with E-state index in [4.69, 9.17) is 4.42 Å². The van der Waals surface area contributed by atoms with Crippen molar-refractivity contribution in [2.75, 3.05) is 13.1 Å². The molecule has 1 aromatic rings. The molecule has 2 atom stereocenters. The number of hydrogen-bond donors (Lipinski definition) is 1. The molecule has 18 heavy (non-hydrogen) atoms. The molecule has 1 aliphatic heterocycles. The summed E-state index contributed by atoms with van der Waals surface area (Å²) in [6.07, 6.45) is 1.58. The molecule has 0 spiro atoms. The van der Waals surface area contributed by atoms with Crippen LogP contribution < -0.4 is 5.32 Å². The second-order valence-corrected chi connectivity index (χ2v) is 5.49. The number of hydrogen-bond acceptors (Lipinski definition) is 4. The Hall–Kier alpha value is -1.43. The van der Waals surface area contributed by atoms with E-state index in [0.29, 0.717) is 12.3 Å². The van der Waals surface area contributed by atoms with Crippen molar-refractivity contribution in [2.24, 2.45) is 0 Å². The second-order valence-electron chi connectivity index (χ2n) is 4.07. The van der Waals surface area contributed by atoms with Crippen LogP contribution in [0.3, 0.4) is 0 Å². The highest BCUT2D eigenvalue weighted by Gasteiger charge is 2.40. The van der Waals surface area contributed by atoms with Gasteiger partial charge in [0.15, 0.2) is 0 Å². The third-order valence-corrected chi connectivity index (χ3v) is 4.08. The Balaban J connectivity index is 2.13. The number of carbonyl (C=O) groups is 2. The fourth-order valence-electron chi connectivity index (χ4n) is 1.90. The van der Waals surface area contributed by atoms with Crippen molar-refractivity contribution in [3.63, 3.8) is 0 Å². The predicted octanol–water partition coefficient (Wildman–Crippen LogP) is 1.38. The van der Waals surface area contributed by atoms with Gasteiger partial charge in [-0.1, -0.05) is 0 Å². The molecule has 0 radical (unpaired) electrons. The number of nitrogens with one attached hydrogen (secondary N) is 1. The highest BCUT2D eigenvalue weighted by atomic mass is 32.2. The summed E-state index contributed by atoms with van der Waals surface area (Å²) in [5.74, 6) is 0.548. The number of amides is 2. The Kier molecular flexibility index (Phi) is 3.96. The maximum Gasteiger partial charge on any atom is 0.239 e. The van der Waals surface area contributed by atoms with E-state index in [1.807, 2.05) is 19.9 Å². The Morgan fingerprint density at radius 1 is 1.61 bits per heavy atom. The molecule has 2 heterocycles. The predicted molar refractivity (Wildman–Crippen MR) is 68.9 cm³/mol. The maximum atomic E-state index is 12.0. The smallest absolute Gasteiger partial charge is 0.239 e. The molecule has 1 saturated heterocycles. The van der Waals surface area contributed by atoms with Gasteiger partial charge in [0.2, 0.25) is 11.8 Å². The van der Waals surface area contributed by atoms with Gasteiger partial charge < -0.3 is 14.6 Å². The Labute approximate surface area is 110 Å². The number of carbonyl (C=O) groups excluding carboxylic acids is 2. The van der Waals surface area contributed by atoms with Gasteiger partial charge in [0.25, 0.3) is 0 Å². The fourth-order valence-corrected chi connectivity index (χ4v) is 3.13. The molecule has 1 N–H and O–H groups in total. The van der Waals surface area contributed by atoms with Crippen molar-refractivity contribution in [3.05, 3.63) is 24.2 Å².